The van der Waals surface area contributed by atoms with Gasteiger partial charge in [0.15, 0.2) is 0 Å². The topological polar surface area (TPSA) is 95.9 Å². The summed E-state index contributed by atoms with van der Waals surface area (Å²) < 4.78 is 4.63. The van der Waals surface area contributed by atoms with Gasteiger partial charge in [-0.1, -0.05) is 25.4 Å². The van der Waals surface area contributed by atoms with Gasteiger partial charge in [0.25, 0.3) is 0 Å². The number of ether oxygens (including phenoxy) is 1. The van der Waals surface area contributed by atoms with Gasteiger partial charge in [0.05, 0.1) is 35.8 Å². The molecular weight excluding hydrogens is 464 g/mol. The van der Waals surface area contributed by atoms with Crippen molar-refractivity contribution in [1.82, 2.24) is 4.90 Å². The van der Waals surface area contributed by atoms with Crippen molar-refractivity contribution in [3.63, 3.8) is 0 Å². The van der Waals surface area contributed by atoms with Crippen LogP contribution in [0.4, 0.5) is 5.69 Å². The van der Waals surface area contributed by atoms with Gasteiger partial charge in [-0.05, 0) is 56.4 Å². The average Bonchev–Trinajstić information content (AvgIpc) is 3.41. The SMILES string of the molecule is CCOC(=O)[C@@H]1[C@@H]2CCC3(S2)C(C(=O)Nc2ccc(Cl)cc2)N([C@@H](CO)CC(C)C)C(=O)[C@H]13. The lowest BCUT2D eigenvalue weighted by Gasteiger charge is -2.37. The number of halogens is 1. The number of anilines is 1. The second-order valence-electron chi connectivity index (χ2n) is 9.52. The number of nitrogens with zero attached hydrogens (tertiary/aromatic N) is 1. The largest absolute Gasteiger partial charge is 0.466 e. The van der Waals surface area contributed by atoms with Crippen molar-refractivity contribution in [2.45, 2.75) is 62.1 Å². The van der Waals surface area contributed by atoms with Crippen molar-refractivity contribution in [3.8, 4) is 0 Å². The Kier molecular flexibility index (Phi) is 6.99. The number of amides is 2. The molecule has 180 valence electrons. The summed E-state index contributed by atoms with van der Waals surface area (Å²) in [6.45, 7) is 5.80. The minimum absolute atomic E-state index is 0.0383. The summed E-state index contributed by atoms with van der Waals surface area (Å²) in [4.78, 5) is 42.1. The van der Waals surface area contributed by atoms with E-state index in [9.17, 15) is 19.5 Å². The first-order valence-corrected chi connectivity index (χ1v) is 12.8. The van der Waals surface area contributed by atoms with Crippen LogP contribution in [0.15, 0.2) is 24.3 Å². The number of thioether (sulfide) groups is 1. The Morgan fingerprint density at radius 2 is 2.03 bits per heavy atom. The number of esters is 1. The quantitative estimate of drug-likeness (QED) is 0.538. The minimum atomic E-state index is -0.781. The number of hydrogen-bond acceptors (Lipinski definition) is 6. The molecule has 3 aliphatic rings. The summed E-state index contributed by atoms with van der Waals surface area (Å²) >= 11 is 7.57. The summed E-state index contributed by atoms with van der Waals surface area (Å²) in [7, 11) is 0. The third-order valence-electron chi connectivity index (χ3n) is 7.00. The van der Waals surface area contributed by atoms with Crippen LogP contribution < -0.4 is 5.32 Å². The smallest absolute Gasteiger partial charge is 0.310 e. The van der Waals surface area contributed by atoms with Crippen molar-refractivity contribution in [3.05, 3.63) is 29.3 Å². The summed E-state index contributed by atoms with van der Waals surface area (Å²) in [5, 5.41) is 13.7. The molecule has 7 nitrogen and oxygen atoms in total. The van der Waals surface area contributed by atoms with Crippen LogP contribution in [0.1, 0.15) is 40.0 Å². The molecule has 4 rings (SSSR count). The van der Waals surface area contributed by atoms with Crippen LogP contribution in [0.5, 0.6) is 0 Å². The predicted octanol–water partition coefficient (Wildman–Crippen LogP) is 3.34. The van der Waals surface area contributed by atoms with Crippen molar-refractivity contribution < 1.29 is 24.2 Å². The Morgan fingerprint density at radius 3 is 2.64 bits per heavy atom. The maximum atomic E-state index is 13.9. The molecule has 0 aromatic heterocycles. The molecule has 2 bridgehead atoms. The highest BCUT2D eigenvalue weighted by Crippen LogP contribution is 2.66. The molecule has 33 heavy (non-hydrogen) atoms. The summed E-state index contributed by atoms with van der Waals surface area (Å²) in [6.07, 6.45) is 1.99. The first kappa shape index (κ1) is 24.4. The first-order valence-electron chi connectivity index (χ1n) is 11.6. The molecule has 2 amide bonds. The summed E-state index contributed by atoms with van der Waals surface area (Å²) in [5.41, 5.74) is 0.584. The molecule has 6 atom stereocenters. The molecule has 1 aromatic carbocycles. The van der Waals surface area contributed by atoms with Crippen molar-refractivity contribution in [2.75, 3.05) is 18.5 Å². The fraction of sp³-hybridized carbons (Fsp3) is 0.625. The molecular formula is C24H31ClN2O5S. The van der Waals surface area contributed by atoms with Gasteiger partial charge in [0, 0.05) is 16.0 Å². The van der Waals surface area contributed by atoms with Gasteiger partial charge in [-0.3, -0.25) is 14.4 Å². The Balaban J connectivity index is 1.73. The highest BCUT2D eigenvalue weighted by atomic mass is 35.5. The number of carbonyl (C=O) groups excluding carboxylic acids is 3. The fourth-order valence-electron chi connectivity index (χ4n) is 5.85. The maximum absolute atomic E-state index is 13.9. The van der Waals surface area contributed by atoms with Gasteiger partial charge in [-0.2, -0.15) is 0 Å². The first-order chi connectivity index (χ1) is 15.7. The second-order valence-corrected chi connectivity index (χ2v) is 11.6. The van der Waals surface area contributed by atoms with Gasteiger partial charge in [0.1, 0.15) is 6.04 Å². The molecule has 2 unspecified atom stereocenters. The van der Waals surface area contributed by atoms with E-state index in [1.165, 1.54) is 0 Å². The zero-order valence-corrected chi connectivity index (χ0v) is 20.7. The molecule has 1 aromatic rings. The molecule has 3 saturated heterocycles. The van der Waals surface area contributed by atoms with Crippen LogP contribution in [0.25, 0.3) is 0 Å². The molecule has 3 heterocycles. The molecule has 3 fully saturated rings. The van der Waals surface area contributed by atoms with E-state index < -0.39 is 28.7 Å². The molecule has 9 heteroatoms. The Labute approximate surface area is 203 Å². The molecule has 3 aliphatic heterocycles. The fourth-order valence-corrected chi connectivity index (χ4v) is 8.17. The number of aliphatic hydroxyl groups is 1. The summed E-state index contributed by atoms with van der Waals surface area (Å²) in [6, 6.07) is 5.54. The monoisotopic (exact) mass is 494 g/mol. The van der Waals surface area contributed by atoms with Crippen LogP contribution in [-0.2, 0) is 19.1 Å². The highest BCUT2D eigenvalue weighted by Gasteiger charge is 2.74. The van der Waals surface area contributed by atoms with Crippen molar-refractivity contribution >= 4 is 46.8 Å². The van der Waals surface area contributed by atoms with E-state index >= 15 is 0 Å². The zero-order chi connectivity index (χ0) is 23.9. The van der Waals surface area contributed by atoms with Gasteiger partial charge in [-0.15, -0.1) is 11.8 Å². The third kappa shape index (κ3) is 4.15. The second kappa shape index (κ2) is 9.47. The Hall–Kier alpha value is -1.77. The number of carbonyl (C=O) groups is 3. The molecule has 0 aliphatic carbocycles. The Bertz CT molecular complexity index is 926. The molecule has 1 spiro atoms. The number of rotatable bonds is 8. The van der Waals surface area contributed by atoms with Crippen LogP contribution in [0, 0.1) is 17.8 Å². The highest BCUT2D eigenvalue weighted by molar-refractivity contribution is 8.02. The number of benzene rings is 1. The standard InChI is InChI=1S/C24H31ClN2O5S/c1-4-32-23(31)18-17-9-10-24(33-17)19(18)22(30)27(16(12-28)11-13(2)3)20(24)21(29)26-15-7-5-14(25)6-8-15/h5-8,13,16-20,28H,4,9-12H2,1-3H3,(H,26,29)/t16-,17+,18-,19+,20?,24?/m1/s1. The van der Waals surface area contributed by atoms with Gasteiger partial charge < -0.3 is 20.1 Å². The molecule has 2 N–H and O–H groups in total. The van der Waals surface area contributed by atoms with Crippen LogP contribution in [0.3, 0.4) is 0 Å². The normalized spacial score (nSPS) is 31.1. The minimum Gasteiger partial charge on any atom is -0.466 e. The van der Waals surface area contributed by atoms with E-state index in [-0.39, 0.29) is 42.2 Å². The lowest BCUT2D eigenvalue weighted by atomic mass is 9.71. The number of nitrogens with one attached hydrogen (secondary N) is 1. The van der Waals surface area contributed by atoms with Gasteiger partial charge >= 0.3 is 5.97 Å². The van der Waals surface area contributed by atoms with Crippen LogP contribution in [0.2, 0.25) is 5.02 Å². The number of aliphatic hydroxyl groups excluding tert-OH is 1. The third-order valence-corrected chi connectivity index (χ3v) is 9.21. The van der Waals surface area contributed by atoms with E-state index in [1.54, 1.807) is 47.9 Å². The van der Waals surface area contributed by atoms with Crippen LogP contribution in [-0.4, -0.2) is 63.1 Å². The summed E-state index contributed by atoms with van der Waals surface area (Å²) in [5.74, 6) is -1.85. The molecule has 0 radical (unpaired) electrons. The predicted molar refractivity (Wildman–Crippen MR) is 128 cm³/mol. The van der Waals surface area contributed by atoms with E-state index in [0.717, 1.165) is 6.42 Å². The van der Waals surface area contributed by atoms with Gasteiger partial charge in [0.2, 0.25) is 11.8 Å². The number of likely N-dealkylation sites (tertiary alicyclic amines) is 1. The average molecular weight is 495 g/mol. The maximum Gasteiger partial charge on any atom is 0.310 e. The van der Waals surface area contributed by atoms with E-state index in [4.69, 9.17) is 16.3 Å². The number of hydrogen-bond donors (Lipinski definition) is 2. The van der Waals surface area contributed by atoms with Crippen molar-refractivity contribution in [2.24, 2.45) is 17.8 Å². The van der Waals surface area contributed by atoms with E-state index in [1.807, 2.05) is 13.8 Å². The zero-order valence-electron chi connectivity index (χ0n) is 19.1. The van der Waals surface area contributed by atoms with Crippen LogP contribution >= 0.6 is 23.4 Å². The van der Waals surface area contributed by atoms with Crippen molar-refractivity contribution in [1.29, 1.82) is 0 Å². The Morgan fingerprint density at radius 1 is 1.33 bits per heavy atom. The van der Waals surface area contributed by atoms with E-state index in [2.05, 4.69) is 5.32 Å². The van der Waals surface area contributed by atoms with E-state index in [0.29, 0.717) is 23.6 Å². The molecule has 0 saturated carbocycles. The number of fused-ring (bicyclic) bond motifs is 1. The lowest BCUT2D eigenvalue weighted by Crippen LogP contribution is -2.55. The lowest BCUT2D eigenvalue weighted by molar-refractivity contribution is -0.154. The van der Waals surface area contributed by atoms with Gasteiger partial charge in [-0.25, -0.2) is 0 Å².